The topological polar surface area (TPSA) is 97.6 Å². The highest BCUT2D eigenvalue weighted by Crippen LogP contribution is 2.41. The van der Waals surface area contributed by atoms with Crippen LogP contribution in [0.25, 0.3) is 16.8 Å². The van der Waals surface area contributed by atoms with Crippen LogP contribution < -0.4 is 29.1 Å². The highest BCUT2D eigenvalue weighted by molar-refractivity contribution is 7.07. The number of hydrogen-bond donors (Lipinski definition) is 0. The molecule has 0 N–H and O–H groups in total. The van der Waals surface area contributed by atoms with Crippen molar-refractivity contribution in [1.29, 1.82) is 0 Å². The summed E-state index contributed by atoms with van der Waals surface area (Å²) in [6.07, 6.45) is 1.83. The molecule has 1 aliphatic heterocycles. The summed E-state index contributed by atoms with van der Waals surface area (Å²) in [5, 5.41) is 1.97. The first-order valence-corrected chi connectivity index (χ1v) is 14.3. The van der Waals surface area contributed by atoms with E-state index in [1.54, 1.807) is 33.3 Å². The molecule has 9 nitrogen and oxygen atoms in total. The van der Waals surface area contributed by atoms with E-state index in [1.807, 2.05) is 55.5 Å². The van der Waals surface area contributed by atoms with Gasteiger partial charge in [-0.25, -0.2) is 9.79 Å². The summed E-state index contributed by atoms with van der Waals surface area (Å²) in [7, 11) is 4.68. The Balaban J connectivity index is 1.78. The average Bonchev–Trinajstić information content (AvgIpc) is 3.30. The number of hydrogen-bond acceptors (Lipinski definition) is 9. The minimum Gasteiger partial charge on any atom is -0.496 e. The number of nitrogens with zero attached hydrogens (tertiary/aromatic N) is 2. The molecular weight excluding hydrogens is 556 g/mol. The molecule has 0 amide bonds. The zero-order valence-electron chi connectivity index (χ0n) is 24.1. The van der Waals surface area contributed by atoms with Crippen LogP contribution in [-0.2, 0) is 14.3 Å². The summed E-state index contributed by atoms with van der Waals surface area (Å²) >= 11 is 1.25. The first-order chi connectivity index (χ1) is 20.4. The van der Waals surface area contributed by atoms with Gasteiger partial charge in [-0.15, -0.1) is 0 Å². The van der Waals surface area contributed by atoms with E-state index in [9.17, 15) is 9.59 Å². The second-order valence-electron chi connectivity index (χ2n) is 9.42. The van der Waals surface area contributed by atoms with E-state index in [4.69, 9.17) is 28.7 Å². The highest BCUT2D eigenvalue weighted by atomic mass is 32.1. The van der Waals surface area contributed by atoms with Crippen LogP contribution in [0.1, 0.15) is 31.0 Å². The van der Waals surface area contributed by atoms with Gasteiger partial charge in [-0.1, -0.05) is 53.8 Å². The van der Waals surface area contributed by atoms with Crippen molar-refractivity contribution < 1.29 is 28.5 Å². The normalized spacial score (nSPS) is 14.9. The van der Waals surface area contributed by atoms with Crippen molar-refractivity contribution in [1.82, 2.24) is 4.57 Å². The summed E-state index contributed by atoms with van der Waals surface area (Å²) in [5.74, 6) is 0.975. The van der Waals surface area contributed by atoms with Crippen LogP contribution in [0.3, 0.4) is 0 Å². The monoisotopic (exact) mass is 588 g/mol. The van der Waals surface area contributed by atoms with Gasteiger partial charge in [0, 0.05) is 18.2 Å². The van der Waals surface area contributed by atoms with E-state index in [2.05, 4.69) is 0 Å². The molecule has 1 aromatic heterocycles. The molecule has 3 aromatic carbocycles. The van der Waals surface area contributed by atoms with Gasteiger partial charge in [-0.05, 0) is 42.8 Å². The number of benzene rings is 3. The van der Waals surface area contributed by atoms with Crippen molar-refractivity contribution in [2.45, 2.75) is 19.9 Å². The fourth-order valence-electron chi connectivity index (χ4n) is 5.11. The summed E-state index contributed by atoms with van der Waals surface area (Å²) in [6.45, 7) is 4.25. The fraction of sp³-hybridized carbons (Fsp3) is 0.281. The largest absolute Gasteiger partial charge is 0.496 e. The van der Waals surface area contributed by atoms with Crippen molar-refractivity contribution in [2.75, 3.05) is 41.2 Å². The zero-order valence-corrected chi connectivity index (χ0v) is 24.9. The third kappa shape index (κ3) is 5.31. The molecule has 5 rings (SSSR count). The van der Waals surface area contributed by atoms with Crippen LogP contribution in [0.5, 0.6) is 17.2 Å². The van der Waals surface area contributed by atoms with Crippen LogP contribution in [0.2, 0.25) is 0 Å². The van der Waals surface area contributed by atoms with Gasteiger partial charge in [0.15, 0.2) is 16.3 Å². The van der Waals surface area contributed by atoms with E-state index < -0.39 is 12.0 Å². The number of ether oxygens (including phenoxy) is 5. The molecule has 218 valence electrons. The van der Waals surface area contributed by atoms with Gasteiger partial charge in [0.2, 0.25) is 0 Å². The Bertz CT molecular complexity index is 1850. The summed E-state index contributed by atoms with van der Waals surface area (Å²) in [6, 6.07) is 16.3. The first kappa shape index (κ1) is 29.1. The van der Waals surface area contributed by atoms with Crippen LogP contribution in [-0.4, -0.2) is 51.7 Å². The van der Waals surface area contributed by atoms with Crippen LogP contribution in [0.4, 0.5) is 0 Å². The van der Waals surface area contributed by atoms with Gasteiger partial charge < -0.3 is 23.7 Å². The lowest BCUT2D eigenvalue weighted by atomic mass is 9.94. The van der Waals surface area contributed by atoms with E-state index in [0.29, 0.717) is 44.4 Å². The molecule has 0 aliphatic carbocycles. The van der Waals surface area contributed by atoms with E-state index in [1.165, 1.54) is 23.0 Å². The van der Waals surface area contributed by atoms with Crippen LogP contribution >= 0.6 is 11.3 Å². The maximum absolute atomic E-state index is 14.3. The number of para-hydroxylation sites is 1. The van der Waals surface area contributed by atoms with Gasteiger partial charge in [-0.2, -0.15) is 0 Å². The van der Waals surface area contributed by atoms with Crippen molar-refractivity contribution in [3.05, 3.63) is 96.7 Å². The van der Waals surface area contributed by atoms with E-state index in [-0.39, 0.29) is 24.3 Å². The molecule has 2 heterocycles. The maximum atomic E-state index is 14.3. The Labute approximate surface area is 246 Å². The Morgan fingerprint density at radius 2 is 1.79 bits per heavy atom. The number of aromatic nitrogens is 1. The second kappa shape index (κ2) is 12.6. The maximum Gasteiger partial charge on any atom is 0.338 e. The van der Waals surface area contributed by atoms with Crippen molar-refractivity contribution in [2.24, 2.45) is 4.99 Å². The number of carbonyl (C=O) groups is 1. The Morgan fingerprint density at radius 3 is 2.52 bits per heavy atom. The molecule has 42 heavy (non-hydrogen) atoms. The molecule has 0 saturated carbocycles. The lowest BCUT2D eigenvalue weighted by molar-refractivity contribution is -0.140. The first-order valence-electron chi connectivity index (χ1n) is 13.5. The molecule has 0 unspecified atom stereocenters. The van der Waals surface area contributed by atoms with E-state index in [0.717, 1.165) is 16.3 Å². The quantitative estimate of drug-likeness (QED) is 0.204. The lowest BCUT2D eigenvalue weighted by Gasteiger charge is -2.27. The summed E-state index contributed by atoms with van der Waals surface area (Å²) < 4.78 is 29.9. The number of thiazole rings is 1. The Hall–Kier alpha value is -4.41. The van der Waals surface area contributed by atoms with E-state index >= 15 is 0 Å². The highest BCUT2D eigenvalue weighted by Gasteiger charge is 2.36. The molecular formula is C32H32N2O7S. The number of esters is 1. The fourth-order valence-corrected chi connectivity index (χ4v) is 6.14. The Morgan fingerprint density at radius 1 is 1.00 bits per heavy atom. The van der Waals surface area contributed by atoms with Gasteiger partial charge in [0.25, 0.3) is 5.56 Å². The van der Waals surface area contributed by atoms with Gasteiger partial charge >= 0.3 is 5.97 Å². The predicted octanol–water partition coefficient (Wildman–Crippen LogP) is 3.99. The van der Waals surface area contributed by atoms with Crippen molar-refractivity contribution >= 4 is 34.2 Å². The molecule has 1 atom stereocenters. The number of allylic oxidation sites excluding steroid dienone is 1. The molecule has 0 fully saturated rings. The minimum absolute atomic E-state index is 0.0561. The van der Waals surface area contributed by atoms with Crippen molar-refractivity contribution in [3.63, 3.8) is 0 Å². The molecule has 0 radical (unpaired) electrons. The smallest absolute Gasteiger partial charge is 0.338 e. The summed E-state index contributed by atoms with van der Waals surface area (Å²) in [4.78, 5) is 33.0. The molecule has 0 saturated heterocycles. The number of carbonyl (C=O) groups excluding carboxylic acids is 1. The standard InChI is InChI=1S/C32H32N2O7S/c1-6-40-29-22(12-9-13-25(29)39-5)28-27(31(36)41-17-16-37-3)19(2)33-32-34(28)30(35)26(42-32)18-23-21-11-8-7-10-20(21)14-15-24(23)38-4/h7-15,18,28H,6,16-17H2,1-5H3/b26-18+/t28-/m0/s1. The average molecular weight is 589 g/mol. The number of rotatable bonds is 10. The molecule has 10 heteroatoms. The number of fused-ring (bicyclic) bond motifs is 2. The third-order valence-electron chi connectivity index (χ3n) is 7.00. The minimum atomic E-state index is -0.871. The zero-order chi connectivity index (χ0) is 29.8. The van der Waals surface area contributed by atoms with Crippen LogP contribution in [0.15, 0.2) is 75.7 Å². The van der Waals surface area contributed by atoms with Crippen molar-refractivity contribution in [3.8, 4) is 17.2 Å². The van der Waals surface area contributed by atoms with Gasteiger partial charge in [0.1, 0.15) is 18.4 Å². The third-order valence-corrected chi connectivity index (χ3v) is 7.98. The predicted molar refractivity (Wildman–Crippen MR) is 161 cm³/mol. The lowest BCUT2D eigenvalue weighted by Crippen LogP contribution is -2.40. The molecule has 4 aromatic rings. The Kier molecular flexibility index (Phi) is 8.75. The van der Waals surface area contributed by atoms with Gasteiger partial charge in [0.05, 0.1) is 43.2 Å². The molecule has 1 aliphatic rings. The number of methoxy groups -OCH3 is 3. The SMILES string of the molecule is CCOc1c(OC)cccc1[C@H]1C(C(=O)OCCOC)=C(C)N=c2s/c(=C/c3c(OC)ccc4ccccc34)c(=O)n21. The van der Waals surface area contributed by atoms with Gasteiger partial charge in [-0.3, -0.25) is 9.36 Å². The second-order valence-corrected chi connectivity index (χ2v) is 10.4. The van der Waals surface area contributed by atoms with Crippen LogP contribution in [0, 0.1) is 0 Å². The summed E-state index contributed by atoms with van der Waals surface area (Å²) in [5.41, 5.74) is 1.74. The molecule has 0 spiro atoms. The molecule has 0 bridgehead atoms.